The molecular weight excluding hydrogens is 376 g/mol. The van der Waals surface area contributed by atoms with Crippen molar-refractivity contribution in [2.24, 2.45) is 0 Å². The molecule has 6 heteroatoms. The molecule has 0 aliphatic carbocycles. The first-order valence-corrected chi connectivity index (χ1v) is 9.59. The lowest BCUT2D eigenvalue weighted by Crippen LogP contribution is -2.26. The molecule has 0 aliphatic heterocycles. The zero-order valence-electron chi connectivity index (χ0n) is 16.9. The number of ether oxygens (including phenoxy) is 1. The molecule has 0 atom stereocenters. The summed E-state index contributed by atoms with van der Waals surface area (Å²) in [5, 5.41) is 4.70. The molecule has 0 N–H and O–H groups in total. The number of methoxy groups -OCH3 is 1. The van der Waals surface area contributed by atoms with Gasteiger partial charge in [0.1, 0.15) is 11.4 Å². The summed E-state index contributed by atoms with van der Waals surface area (Å²) in [6.07, 6.45) is 5.21. The molecule has 0 radical (unpaired) electrons. The van der Waals surface area contributed by atoms with Crippen LogP contribution in [-0.4, -0.2) is 39.7 Å². The van der Waals surface area contributed by atoms with Crippen molar-refractivity contribution in [3.05, 3.63) is 96.4 Å². The summed E-state index contributed by atoms with van der Waals surface area (Å²) in [4.78, 5) is 19.2. The van der Waals surface area contributed by atoms with E-state index in [-0.39, 0.29) is 5.91 Å². The third kappa shape index (κ3) is 4.07. The van der Waals surface area contributed by atoms with Gasteiger partial charge in [-0.25, -0.2) is 4.68 Å². The van der Waals surface area contributed by atoms with Gasteiger partial charge in [0.05, 0.1) is 18.4 Å². The Morgan fingerprint density at radius 1 is 1.03 bits per heavy atom. The van der Waals surface area contributed by atoms with Gasteiger partial charge in [-0.3, -0.25) is 9.78 Å². The Balaban J connectivity index is 1.67. The molecule has 2 aromatic carbocycles. The molecule has 2 heterocycles. The first-order chi connectivity index (χ1) is 14.7. The molecular formula is C24H22N4O2. The quantitative estimate of drug-likeness (QED) is 0.488. The number of pyridine rings is 1. The molecule has 0 spiro atoms. The van der Waals surface area contributed by atoms with Crippen LogP contribution in [0.15, 0.2) is 85.3 Å². The van der Waals surface area contributed by atoms with Crippen LogP contribution < -0.4 is 4.74 Å². The molecule has 1 amide bonds. The monoisotopic (exact) mass is 398 g/mol. The van der Waals surface area contributed by atoms with Crippen molar-refractivity contribution in [1.82, 2.24) is 19.7 Å². The Bertz CT molecular complexity index is 1120. The molecule has 4 rings (SSSR count). The predicted molar refractivity (Wildman–Crippen MR) is 116 cm³/mol. The van der Waals surface area contributed by atoms with E-state index in [1.165, 1.54) is 0 Å². The molecule has 2 aromatic heterocycles. The first kappa shape index (κ1) is 19.4. The van der Waals surface area contributed by atoms with Gasteiger partial charge in [-0.05, 0) is 42.0 Å². The highest BCUT2D eigenvalue weighted by Crippen LogP contribution is 2.25. The van der Waals surface area contributed by atoms with E-state index in [9.17, 15) is 4.79 Å². The number of hydrogen-bond donors (Lipinski definition) is 0. The number of aromatic nitrogens is 3. The average molecular weight is 398 g/mol. The van der Waals surface area contributed by atoms with Crippen LogP contribution >= 0.6 is 0 Å². The SMILES string of the molecule is COc1ccc(CN(C)C(=O)c2cn(-c3ccccc3)nc2-c2cccnc2)cc1. The molecule has 0 aliphatic rings. The number of nitrogens with zero attached hydrogens (tertiary/aromatic N) is 4. The van der Waals surface area contributed by atoms with E-state index in [1.807, 2.05) is 66.7 Å². The largest absolute Gasteiger partial charge is 0.497 e. The summed E-state index contributed by atoms with van der Waals surface area (Å²) in [5.41, 5.74) is 3.85. The number of carbonyl (C=O) groups excluding carboxylic acids is 1. The third-order valence-electron chi connectivity index (χ3n) is 4.83. The van der Waals surface area contributed by atoms with Crippen molar-refractivity contribution in [2.45, 2.75) is 6.54 Å². The van der Waals surface area contributed by atoms with Crippen molar-refractivity contribution in [1.29, 1.82) is 0 Å². The van der Waals surface area contributed by atoms with Crippen LogP contribution in [0.25, 0.3) is 16.9 Å². The fourth-order valence-electron chi connectivity index (χ4n) is 3.24. The summed E-state index contributed by atoms with van der Waals surface area (Å²) < 4.78 is 6.94. The highest BCUT2D eigenvalue weighted by molar-refractivity contribution is 5.99. The second-order valence-electron chi connectivity index (χ2n) is 6.92. The van der Waals surface area contributed by atoms with Crippen LogP contribution in [0.3, 0.4) is 0 Å². The van der Waals surface area contributed by atoms with E-state index >= 15 is 0 Å². The second kappa shape index (κ2) is 8.61. The summed E-state index contributed by atoms with van der Waals surface area (Å²) in [5.74, 6) is 0.683. The Hall–Kier alpha value is -3.93. The van der Waals surface area contributed by atoms with Crippen molar-refractivity contribution in [3.63, 3.8) is 0 Å². The van der Waals surface area contributed by atoms with Gasteiger partial charge in [-0.1, -0.05) is 30.3 Å². The van der Waals surface area contributed by atoms with Crippen LogP contribution in [-0.2, 0) is 6.54 Å². The van der Waals surface area contributed by atoms with E-state index in [0.29, 0.717) is 17.8 Å². The van der Waals surface area contributed by atoms with Gasteiger partial charge in [0.2, 0.25) is 0 Å². The first-order valence-electron chi connectivity index (χ1n) is 9.59. The third-order valence-corrected chi connectivity index (χ3v) is 4.83. The van der Waals surface area contributed by atoms with Crippen LogP contribution in [0.1, 0.15) is 15.9 Å². The minimum absolute atomic E-state index is 0.105. The highest BCUT2D eigenvalue weighted by Gasteiger charge is 2.22. The molecule has 150 valence electrons. The molecule has 4 aromatic rings. The zero-order chi connectivity index (χ0) is 20.9. The summed E-state index contributed by atoms with van der Waals surface area (Å²) in [7, 11) is 3.43. The number of amides is 1. The minimum atomic E-state index is -0.105. The second-order valence-corrected chi connectivity index (χ2v) is 6.92. The maximum atomic E-state index is 13.3. The van der Waals surface area contributed by atoms with Crippen molar-refractivity contribution in [3.8, 4) is 22.7 Å². The van der Waals surface area contributed by atoms with Crippen molar-refractivity contribution in [2.75, 3.05) is 14.2 Å². The maximum absolute atomic E-state index is 13.3. The van der Waals surface area contributed by atoms with E-state index in [0.717, 1.165) is 22.6 Å². The van der Waals surface area contributed by atoms with E-state index in [2.05, 4.69) is 4.98 Å². The van der Waals surface area contributed by atoms with Gasteiger partial charge in [0.25, 0.3) is 5.91 Å². The summed E-state index contributed by atoms with van der Waals surface area (Å²) in [6.45, 7) is 0.478. The van der Waals surface area contributed by atoms with Crippen LogP contribution in [0.5, 0.6) is 5.75 Å². The fraction of sp³-hybridized carbons (Fsp3) is 0.125. The molecule has 0 fully saturated rings. The number of hydrogen-bond acceptors (Lipinski definition) is 4. The highest BCUT2D eigenvalue weighted by atomic mass is 16.5. The molecule has 0 saturated carbocycles. The van der Waals surface area contributed by atoms with E-state index < -0.39 is 0 Å². The minimum Gasteiger partial charge on any atom is -0.497 e. The number of carbonyl (C=O) groups is 1. The van der Waals surface area contributed by atoms with Gasteiger partial charge in [0, 0.05) is 37.7 Å². The maximum Gasteiger partial charge on any atom is 0.257 e. The molecule has 30 heavy (non-hydrogen) atoms. The van der Waals surface area contributed by atoms with Crippen molar-refractivity contribution < 1.29 is 9.53 Å². The Kier molecular flexibility index (Phi) is 5.57. The van der Waals surface area contributed by atoms with E-state index in [4.69, 9.17) is 9.84 Å². The molecule has 0 unspecified atom stereocenters. The van der Waals surface area contributed by atoms with Crippen LogP contribution in [0, 0.1) is 0 Å². The molecule has 6 nitrogen and oxygen atoms in total. The Morgan fingerprint density at radius 3 is 2.47 bits per heavy atom. The topological polar surface area (TPSA) is 60.2 Å². The lowest BCUT2D eigenvalue weighted by atomic mass is 10.1. The fourth-order valence-corrected chi connectivity index (χ4v) is 3.24. The lowest BCUT2D eigenvalue weighted by molar-refractivity contribution is 0.0786. The number of benzene rings is 2. The van der Waals surface area contributed by atoms with Crippen molar-refractivity contribution >= 4 is 5.91 Å². The van der Waals surface area contributed by atoms with Gasteiger partial charge in [-0.2, -0.15) is 5.10 Å². The zero-order valence-corrected chi connectivity index (χ0v) is 16.9. The van der Waals surface area contributed by atoms with Gasteiger partial charge in [-0.15, -0.1) is 0 Å². The number of rotatable bonds is 6. The van der Waals surface area contributed by atoms with E-state index in [1.54, 1.807) is 42.3 Å². The normalized spacial score (nSPS) is 10.6. The smallest absolute Gasteiger partial charge is 0.257 e. The molecule has 0 bridgehead atoms. The lowest BCUT2D eigenvalue weighted by Gasteiger charge is -2.17. The van der Waals surface area contributed by atoms with Gasteiger partial charge < -0.3 is 9.64 Å². The predicted octanol–water partition coefficient (Wildman–Crippen LogP) is 4.22. The average Bonchev–Trinajstić information content (AvgIpc) is 3.26. The Labute approximate surface area is 175 Å². The Morgan fingerprint density at radius 2 is 1.80 bits per heavy atom. The van der Waals surface area contributed by atoms with Crippen LogP contribution in [0.2, 0.25) is 0 Å². The van der Waals surface area contributed by atoms with Gasteiger partial charge in [0.15, 0.2) is 0 Å². The van der Waals surface area contributed by atoms with Crippen LogP contribution in [0.4, 0.5) is 0 Å². The summed E-state index contributed by atoms with van der Waals surface area (Å²) >= 11 is 0. The molecule has 0 saturated heterocycles. The van der Waals surface area contributed by atoms with Gasteiger partial charge >= 0.3 is 0 Å². The standard InChI is InChI=1S/C24H22N4O2/c1-27(16-18-10-12-21(30-2)13-11-18)24(29)22-17-28(20-8-4-3-5-9-20)26-23(22)19-7-6-14-25-15-19/h3-15,17H,16H2,1-2H3. The number of para-hydroxylation sites is 1. The summed E-state index contributed by atoms with van der Waals surface area (Å²) in [6, 6.07) is 21.2.